The smallest absolute Gasteiger partial charge is 0.433 e. The predicted molar refractivity (Wildman–Crippen MR) is 84.0 cm³/mol. The highest BCUT2D eigenvalue weighted by Crippen LogP contribution is 2.30. The number of likely N-dealkylation sites (tertiary alicyclic amines) is 1. The highest BCUT2D eigenvalue weighted by Gasteiger charge is 2.32. The van der Waals surface area contributed by atoms with Crippen LogP contribution in [0.3, 0.4) is 0 Å². The first-order chi connectivity index (χ1) is 11.9. The zero-order valence-electron chi connectivity index (χ0n) is 13.9. The normalized spacial score (nSPS) is 17.0. The Balaban J connectivity index is 1.45. The first-order valence-corrected chi connectivity index (χ1v) is 8.21. The highest BCUT2D eigenvalue weighted by molar-refractivity contribution is 5.24. The maximum absolute atomic E-state index is 12.7. The lowest BCUT2D eigenvalue weighted by Gasteiger charge is -2.31. The standard InChI is InChI=1S/C17H20F3N3O2/c1-12-8-14(22-25-12)10-23-6-3-13(4-7-23)11-24-15-2-5-21-16(9-15)17(18,19)20/h2,5,8-9,13H,3-4,6-7,10-11H2,1H3. The van der Waals surface area contributed by atoms with Crippen LogP contribution in [0.1, 0.15) is 30.0 Å². The van der Waals surface area contributed by atoms with E-state index in [2.05, 4.69) is 15.0 Å². The van der Waals surface area contributed by atoms with Crippen molar-refractivity contribution in [1.29, 1.82) is 0 Å². The van der Waals surface area contributed by atoms with E-state index in [0.29, 0.717) is 12.5 Å². The van der Waals surface area contributed by atoms with Crippen LogP contribution in [-0.2, 0) is 12.7 Å². The number of rotatable bonds is 5. The minimum absolute atomic E-state index is 0.211. The second-order valence-electron chi connectivity index (χ2n) is 6.33. The van der Waals surface area contributed by atoms with Crippen LogP contribution in [-0.4, -0.2) is 34.7 Å². The molecule has 136 valence electrons. The Morgan fingerprint density at radius 1 is 1.28 bits per heavy atom. The molecule has 0 N–H and O–H groups in total. The van der Waals surface area contributed by atoms with E-state index in [1.807, 2.05) is 13.0 Å². The topological polar surface area (TPSA) is 51.4 Å². The molecule has 0 aromatic carbocycles. The SMILES string of the molecule is Cc1cc(CN2CCC(COc3ccnc(C(F)(F)F)c3)CC2)no1. The number of piperidine rings is 1. The van der Waals surface area contributed by atoms with Crippen LogP contribution in [0.5, 0.6) is 5.75 Å². The van der Waals surface area contributed by atoms with Crippen LogP contribution in [0, 0.1) is 12.8 Å². The molecule has 0 radical (unpaired) electrons. The Bertz CT molecular complexity index is 694. The Hall–Kier alpha value is -2.09. The number of ether oxygens (including phenoxy) is 1. The maximum atomic E-state index is 12.7. The van der Waals surface area contributed by atoms with Crippen molar-refractivity contribution in [2.45, 2.75) is 32.5 Å². The molecule has 0 saturated carbocycles. The second-order valence-corrected chi connectivity index (χ2v) is 6.33. The van der Waals surface area contributed by atoms with Gasteiger partial charge < -0.3 is 9.26 Å². The molecule has 0 aliphatic carbocycles. The third-order valence-corrected chi connectivity index (χ3v) is 4.28. The van der Waals surface area contributed by atoms with Gasteiger partial charge in [-0.3, -0.25) is 9.88 Å². The number of alkyl halides is 3. The molecule has 1 aliphatic heterocycles. The Kier molecular flexibility index (Phi) is 5.27. The van der Waals surface area contributed by atoms with Gasteiger partial charge in [0.2, 0.25) is 0 Å². The number of pyridine rings is 1. The first kappa shape index (κ1) is 17.7. The van der Waals surface area contributed by atoms with Crippen molar-refractivity contribution in [2.75, 3.05) is 19.7 Å². The first-order valence-electron chi connectivity index (χ1n) is 8.21. The van der Waals surface area contributed by atoms with Crippen LogP contribution in [0.15, 0.2) is 28.9 Å². The van der Waals surface area contributed by atoms with E-state index >= 15 is 0 Å². The number of halogens is 3. The van der Waals surface area contributed by atoms with Gasteiger partial charge in [0.15, 0.2) is 0 Å². The average molecular weight is 355 g/mol. The lowest BCUT2D eigenvalue weighted by molar-refractivity contribution is -0.141. The van der Waals surface area contributed by atoms with Crippen LogP contribution < -0.4 is 4.74 Å². The van der Waals surface area contributed by atoms with Crippen molar-refractivity contribution in [2.24, 2.45) is 5.92 Å². The Labute approximate surface area is 143 Å². The second kappa shape index (κ2) is 7.43. The number of hydrogen-bond acceptors (Lipinski definition) is 5. The molecule has 0 amide bonds. The van der Waals surface area contributed by atoms with E-state index < -0.39 is 11.9 Å². The summed E-state index contributed by atoms with van der Waals surface area (Å²) in [6.45, 7) is 4.85. The summed E-state index contributed by atoms with van der Waals surface area (Å²) in [4.78, 5) is 5.63. The molecule has 5 nitrogen and oxygen atoms in total. The van der Waals surface area contributed by atoms with Gasteiger partial charge in [-0.15, -0.1) is 0 Å². The Morgan fingerprint density at radius 2 is 2.04 bits per heavy atom. The van der Waals surface area contributed by atoms with Gasteiger partial charge in [0.05, 0.1) is 12.3 Å². The molecule has 1 fully saturated rings. The van der Waals surface area contributed by atoms with Crippen molar-refractivity contribution in [3.63, 3.8) is 0 Å². The molecule has 0 spiro atoms. The highest BCUT2D eigenvalue weighted by atomic mass is 19.4. The van der Waals surface area contributed by atoms with Gasteiger partial charge in [-0.2, -0.15) is 13.2 Å². The fourth-order valence-corrected chi connectivity index (χ4v) is 2.90. The summed E-state index contributed by atoms with van der Waals surface area (Å²) >= 11 is 0. The molecule has 3 rings (SSSR count). The molecule has 25 heavy (non-hydrogen) atoms. The zero-order chi connectivity index (χ0) is 17.9. The van der Waals surface area contributed by atoms with Crippen molar-refractivity contribution >= 4 is 0 Å². The molecule has 1 aliphatic rings. The van der Waals surface area contributed by atoms with E-state index in [1.165, 1.54) is 6.07 Å². The summed E-state index contributed by atoms with van der Waals surface area (Å²) in [5.41, 5.74) is -0.00797. The van der Waals surface area contributed by atoms with E-state index in [4.69, 9.17) is 9.26 Å². The van der Waals surface area contributed by atoms with Gasteiger partial charge in [0.1, 0.15) is 17.2 Å². The average Bonchev–Trinajstić information content (AvgIpc) is 2.99. The van der Waals surface area contributed by atoms with Crippen LogP contribution in [0.4, 0.5) is 13.2 Å². The molecule has 1 saturated heterocycles. The van der Waals surface area contributed by atoms with Gasteiger partial charge in [-0.05, 0) is 44.8 Å². The van der Waals surface area contributed by atoms with Crippen molar-refractivity contribution < 1.29 is 22.4 Å². The van der Waals surface area contributed by atoms with Crippen molar-refractivity contribution in [3.05, 3.63) is 41.5 Å². The van der Waals surface area contributed by atoms with Crippen molar-refractivity contribution in [1.82, 2.24) is 15.0 Å². The van der Waals surface area contributed by atoms with Gasteiger partial charge in [0.25, 0.3) is 0 Å². The predicted octanol–water partition coefficient (Wildman–Crippen LogP) is 3.69. The molecule has 0 bridgehead atoms. The summed E-state index contributed by atoms with van der Waals surface area (Å²) in [5, 5.41) is 3.99. The molecule has 2 aromatic heterocycles. The molecule has 8 heteroatoms. The van der Waals surface area contributed by atoms with E-state index in [-0.39, 0.29) is 5.75 Å². The monoisotopic (exact) mass is 355 g/mol. The molecule has 3 heterocycles. The summed E-state index contributed by atoms with van der Waals surface area (Å²) in [6.07, 6.45) is -1.45. The molecule has 0 atom stereocenters. The minimum atomic E-state index is -4.45. The summed E-state index contributed by atoms with van der Waals surface area (Å²) in [6, 6.07) is 4.33. The number of hydrogen-bond donors (Lipinski definition) is 0. The minimum Gasteiger partial charge on any atom is -0.493 e. The van der Waals surface area contributed by atoms with E-state index in [0.717, 1.165) is 56.2 Å². The zero-order valence-corrected chi connectivity index (χ0v) is 13.9. The van der Waals surface area contributed by atoms with Crippen molar-refractivity contribution in [3.8, 4) is 5.75 Å². The fraction of sp³-hybridized carbons (Fsp3) is 0.529. The quantitative estimate of drug-likeness (QED) is 0.819. The van der Waals surface area contributed by atoms with Crippen LogP contribution >= 0.6 is 0 Å². The fourth-order valence-electron chi connectivity index (χ4n) is 2.90. The number of aromatic nitrogens is 2. The largest absolute Gasteiger partial charge is 0.493 e. The van der Waals surface area contributed by atoms with Gasteiger partial charge in [-0.25, -0.2) is 0 Å². The van der Waals surface area contributed by atoms with E-state index in [1.54, 1.807) is 0 Å². The molecular formula is C17H20F3N3O2. The summed E-state index contributed by atoms with van der Waals surface area (Å²) < 4.78 is 48.6. The summed E-state index contributed by atoms with van der Waals surface area (Å²) in [5.74, 6) is 1.34. The summed E-state index contributed by atoms with van der Waals surface area (Å²) in [7, 11) is 0. The number of aryl methyl sites for hydroxylation is 1. The van der Waals surface area contributed by atoms with Crippen LogP contribution in [0.25, 0.3) is 0 Å². The maximum Gasteiger partial charge on any atom is 0.433 e. The molecular weight excluding hydrogens is 335 g/mol. The third-order valence-electron chi connectivity index (χ3n) is 4.28. The van der Waals surface area contributed by atoms with Gasteiger partial charge in [-0.1, -0.05) is 5.16 Å². The van der Waals surface area contributed by atoms with Crippen LogP contribution in [0.2, 0.25) is 0 Å². The molecule has 2 aromatic rings. The van der Waals surface area contributed by atoms with Gasteiger partial charge in [0, 0.05) is 24.9 Å². The van der Waals surface area contributed by atoms with Gasteiger partial charge >= 0.3 is 6.18 Å². The Morgan fingerprint density at radius 3 is 2.68 bits per heavy atom. The lowest BCUT2D eigenvalue weighted by Crippen LogP contribution is -2.35. The van der Waals surface area contributed by atoms with E-state index in [9.17, 15) is 13.2 Å². The molecule has 0 unspecified atom stereocenters. The third kappa shape index (κ3) is 4.94. The lowest BCUT2D eigenvalue weighted by atomic mass is 9.97. The number of nitrogens with zero attached hydrogens (tertiary/aromatic N) is 3.